The lowest BCUT2D eigenvalue weighted by Gasteiger charge is -2.09. The van der Waals surface area contributed by atoms with E-state index < -0.39 is 0 Å². The number of hydrogen-bond acceptors (Lipinski definition) is 5. The van der Waals surface area contributed by atoms with E-state index >= 15 is 0 Å². The van der Waals surface area contributed by atoms with Gasteiger partial charge in [0.2, 0.25) is 5.88 Å². The van der Waals surface area contributed by atoms with Gasteiger partial charge < -0.3 is 14.5 Å². The number of rotatable bonds is 5. The molecule has 0 aliphatic rings. The average molecular weight is 247 g/mol. The second kappa shape index (κ2) is 5.64. The SMILES string of the molecule is COc1nccnc1-c1ccoc1CNC(C)C. The molecule has 0 unspecified atom stereocenters. The minimum atomic E-state index is 0.395. The van der Waals surface area contributed by atoms with Crippen LogP contribution in [0.2, 0.25) is 0 Å². The van der Waals surface area contributed by atoms with Gasteiger partial charge in [0.05, 0.1) is 19.9 Å². The van der Waals surface area contributed by atoms with Gasteiger partial charge in [-0.1, -0.05) is 13.8 Å². The van der Waals surface area contributed by atoms with Gasteiger partial charge in [-0.2, -0.15) is 0 Å². The van der Waals surface area contributed by atoms with Gasteiger partial charge in [-0.15, -0.1) is 0 Å². The highest BCUT2D eigenvalue weighted by Crippen LogP contribution is 2.29. The van der Waals surface area contributed by atoms with Crippen LogP contribution in [0.4, 0.5) is 0 Å². The van der Waals surface area contributed by atoms with Crippen LogP contribution in [0.3, 0.4) is 0 Å². The molecule has 0 amide bonds. The summed E-state index contributed by atoms with van der Waals surface area (Å²) in [5.74, 6) is 1.34. The van der Waals surface area contributed by atoms with Gasteiger partial charge in [0.25, 0.3) is 0 Å². The highest BCUT2D eigenvalue weighted by Gasteiger charge is 2.15. The van der Waals surface area contributed by atoms with Crippen molar-refractivity contribution in [2.45, 2.75) is 26.4 Å². The Morgan fingerprint density at radius 2 is 2.11 bits per heavy atom. The van der Waals surface area contributed by atoms with E-state index in [0.29, 0.717) is 24.2 Å². The lowest BCUT2D eigenvalue weighted by atomic mass is 10.1. The molecule has 2 aromatic rings. The van der Waals surface area contributed by atoms with Crippen molar-refractivity contribution >= 4 is 0 Å². The number of methoxy groups -OCH3 is 1. The smallest absolute Gasteiger partial charge is 0.240 e. The second-order valence-corrected chi connectivity index (χ2v) is 4.21. The van der Waals surface area contributed by atoms with Crippen LogP contribution in [0.5, 0.6) is 5.88 Å². The number of furan rings is 1. The minimum absolute atomic E-state index is 0.395. The van der Waals surface area contributed by atoms with E-state index in [1.807, 2.05) is 6.07 Å². The zero-order chi connectivity index (χ0) is 13.0. The molecule has 0 aromatic carbocycles. The molecule has 0 aliphatic heterocycles. The first-order valence-corrected chi connectivity index (χ1v) is 5.87. The maximum absolute atomic E-state index is 5.48. The molecule has 0 aliphatic carbocycles. The van der Waals surface area contributed by atoms with Crippen molar-refractivity contribution in [2.24, 2.45) is 0 Å². The van der Waals surface area contributed by atoms with Gasteiger partial charge in [-0.3, -0.25) is 0 Å². The Morgan fingerprint density at radius 3 is 2.83 bits per heavy atom. The van der Waals surface area contributed by atoms with Crippen LogP contribution in [0.25, 0.3) is 11.3 Å². The molecule has 0 radical (unpaired) electrons. The van der Waals surface area contributed by atoms with Crippen LogP contribution in [0.1, 0.15) is 19.6 Å². The Bertz CT molecular complexity index is 508. The monoisotopic (exact) mass is 247 g/mol. The van der Waals surface area contributed by atoms with Gasteiger partial charge in [0.15, 0.2) is 0 Å². The Balaban J connectivity index is 2.30. The Labute approximate surface area is 106 Å². The standard InChI is InChI=1S/C13H17N3O2/c1-9(2)16-8-11-10(4-7-18-11)12-13(17-3)15-6-5-14-12/h4-7,9,16H,8H2,1-3H3. The van der Waals surface area contributed by atoms with Gasteiger partial charge in [-0.05, 0) is 6.07 Å². The third-order valence-electron chi connectivity index (χ3n) is 2.53. The normalized spacial score (nSPS) is 10.9. The molecule has 0 saturated heterocycles. The molecular weight excluding hydrogens is 230 g/mol. The number of nitrogens with one attached hydrogen (secondary N) is 1. The fourth-order valence-corrected chi connectivity index (χ4v) is 1.64. The quantitative estimate of drug-likeness (QED) is 0.878. The third-order valence-corrected chi connectivity index (χ3v) is 2.53. The number of ether oxygens (including phenoxy) is 1. The molecule has 0 bridgehead atoms. The zero-order valence-corrected chi connectivity index (χ0v) is 10.8. The summed E-state index contributed by atoms with van der Waals surface area (Å²) < 4.78 is 10.7. The Hall–Kier alpha value is -1.88. The summed E-state index contributed by atoms with van der Waals surface area (Å²) >= 11 is 0. The van der Waals surface area contributed by atoms with E-state index in [1.54, 1.807) is 25.8 Å². The van der Waals surface area contributed by atoms with Crippen LogP contribution in [0.15, 0.2) is 29.1 Å². The first kappa shape index (κ1) is 12.6. The zero-order valence-electron chi connectivity index (χ0n) is 10.8. The van der Waals surface area contributed by atoms with Gasteiger partial charge in [0.1, 0.15) is 11.5 Å². The molecule has 1 N–H and O–H groups in total. The Kier molecular flexibility index (Phi) is 3.94. The topological polar surface area (TPSA) is 60.2 Å². The van der Waals surface area contributed by atoms with Crippen molar-refractivity contribution in [3.8, 4) is 17.1 Å². The minimum Gasteiger partial charge on any atom is -0.479 e. The number of nitrogens with zero attached hydrogens (tertiary/aromatic N) is 2. The van der Waals surface area contributed by atoms with Crippen LogP contribution in [0, 0.1) is 0 Å². The molecule has 2 aromatic heterocycles. The molecule has 0 fully saturated rings. The first-order chi connectivity index (χ1) is 8.72. The molecule has 0 saturated carbocycles. The fraction of sp³-hybridized carbons (Fsp3) is 0.385. The molecule has 5 nitrogen and oxygen atoms in total. The van der Waals surface area contributed by atoms with E-state index in [-0.39, 0.29) is 0 Å². The van der Waals surface area contributed by atoms with Crippen LogP contribution in [-0.2, 0) is 6.54 Å². The average Bonchev–Trinajstić information content (AvgIpc) is 2.84. The summed E-state index contributed by atoms with van der Waals surface area (Å²) in [7, 11) is 1.58. The highest BCUT2D eigenvalue weighted by atomic mass is 16.5. The molecule has 0 spiro atoms. The lowest BCUT2D eigenvalue weighted by molar-refractivity contribution is 0.397. The predicted octanol–water partition coefficient (Wildman–Crippen LogP) is 2.24. The molecular formula is C13H17N3O2. The molecule has 5 heteroatoms. The molecule has 2 rings (SSSR count). The predicted molar refractivity (Wildman–Crippen MR) is 68.3 cm³/mol. The van der Waals surface area contributed by atoms with Crippen LogP contribution < -0.4 is 10.1 Å². The van der Waals surface area contributed by atoms with Gasteiger partial charge in [-0.25, -0.2) is 9.97 Å². The summed E-state index contributed by atoms with van der Waals surface area (Å²) in [6, 6.07) is 2.27. The van der Waals surface area contributed by atoms with Crippen LogP contribution in [-0.4, -0.2) is 23.1 Å². The van der Waals surface area contributed by atoms with Gasteiger partial charge >= 0.3 is 0 Å². The van der Waals surface area contributed by atoms with E-state index in [0.717, 1.165) is 11.3 Å². The van der Waals surface area contributed by atoms with E-state index in [1.165, 1.54) is 0 Å². The van der Waals surface area contributed by atoms with Crippen molar-refractivity contribution in [2.75, 3.05) is 7.11 Å². The summed E-state index contributed by atoms with van der Waals surface area (Å²) in [5.41, 5.74) is 1.61. The maximum atomic E-state index is 5.48. The van der Waals surface area contributed by atoms with Crippen molar-refractivity contribution in [3.05, 3.63) is 30.5 Å². The number of hydrogen-bond donors (Lipinski definition) is 1. The molecule has 0 atom stereocenters. The third kappa shape index (κ3) is 2.68. The summed E-state index contributed by atoms with van der Waals surface area (Å²) in [6.07, 6.45) is 4.90. The summed E-state index contributed by atoms with van der Waals surface area (Å²) in [4.78, 5) is 8.45. The van der Waals surface area contributed by atoms with Crippen molar-refractivity contribution in [3.63, 3.8) is 0 Å². The van der Waals surface area contributed by atoms with Crippen molar-refractivity contribution < 1.29 is 9.15 Å². The van der Waals surface area contributed by atoms with Crippen molar-refractivity contribution in [1.29, 1.82) is 0 Å². The van der Waals surface area contributed by atoms with E-state index in [2.05, 4.69) is 29.1 Å². The molecule has 96 valence electrons. The Morgan fingerprint density at radius 1 is 1.33 bits per heavy atom. The largest absolute Gasteiger partial charge is 0.479 e. The van der Waals surface area contributed by atoms with Gasteiger partial charge in [0, 0.05) is 24.0 Å². The first-order valence-electron chi connectivity index (χ1n) is 5.87. The summed E-state index contributed by atoms with van der Waals surface area (Å²) in [5, 5.41) is 3.31. The molecule has 2 heterocycles. The van der Waals surface area contributed by atoms with Crippen LogP contribution >= 0.6 is 0 Å². The fourth-order valence-electron chi connectivity index (χ4n) is 1.64. The maximum Gasteiger partial charge on any atom is 0.240 e. The summed E-state index contributed by atoms with van der Waals surface area (Å²) in [6.45, 7) is 4.83. The molecule has 18 heavy (non-hydrogen) atoms. The highest BCUT2D eigenvalue weighted by molar-refractivity contribution is 5.65. The van der Waals surface area contributed by atoms with Crippen molar-refractivity contribution in [1.82, 2.24) is 15.3 Å². The lowest BCUT2D eigenvalue weighted by Crippen LogP contribution is -2.21. The van der Waals surface area contributed by atoms with E-state index in [9.17, 15) is 0 Å². The van der Waals surface area contributed by atoms with E-state index in [4.69, 9.17) is 9.15 Å². The number of aromatic nitrogens is 2. The second-order valence-electron chi connectivity index (χ2n) is 4.21.